The van der Waals surface area contributed by atoms with Gasteiger partial charge in [-0.25, -0.2) is 0 Å². The summed E-state index contributed by atoms with van der Waals surface area (Å²) in [6.07, 6.45) is 6.12. The molecule has 0 saturated carbocycles. The van der Waals surface area contributed by atoms with Crippen LogP contribution in [0, 0.1) is 11.8 Å². The van der Waals surface area contributed by atoms with Crippen LogP contribution in [-0.4, -0.2) is 35.5 Å². The summed E-state index contributed by atoms with van der Waals surface area (Å²) in [5, 5.41) is 3.01. The molecule has 19 heavy (non-hydrogen) atoms. The number of pyridine rings is 1. The van der Waals surface area contributed by atoms with Gasteiger partial charge in [0.1, 0.15) is 0 Å². The molecule has 0 fully saturated rings. The third kappa shape index (κ3) is 4.93. The first-order chi connectivity index (χ1) is 9.22. The summed E-state index contributed by atoms with van der Waals surface area (Å²) in [6.45, 7) is 2.32. The van der Waals surface area contributed by atoms with Gasteiger partial charge in [-0.15, -0.1) is 0 Å². The predicted molar refractivity (Wildman–Crippen MR) is 80.1 cm³/mol. The molecule has 1 amide bonds. The zero-order valence-electron chi connectivity index (χ0n) is 11.3. The highest BCUT2D eigenvalue weighted by Gasteiger charge is 2.14. The number of carbonyl (C=O) groups is 1. The van der Waals surface area contributed by atoms with Crippen LogP contribution >= 0.6 is 11.8 Å². The molecule has 1 unspecified atom stereocenters. The van der Waals surface area contributed by atoms with Gasteiger partial charge in [0, 0.05) is 24.2 Å². The Bertz CT molecular complexity index is 479. The normalized spacial score (nSPS) is 11.3. The van der Waals surface area contributed by atoms with Crippen LogP contribution in [0.1, 0.15) is 29.3 Å². The molecule has 1 atom stereocenters. The first kappa shape index (κ1) is 15.5. The highest BCUT2D eigenvalue weighted by Crippen LogP contribution is 2.08. The monoisotopic (exact) mass is 277 g/mol. The zero-order chi connectivity index (χ0) is 14.1. The van der Waals surface area contributed by atoms with Crippen molar-refractivity contribution >= 4 is 17.7 Å². The first-order valence-electron chi connectivity index (χ1n) is 6.15. The quantitative estimate of drug-likeness (QED) is 0.795. The van der Waals surface area contributed by atoms with Crippen molar-refractivity contribution in [2.24, 2.45) is 5.73 Å². The van der Waals surface area contributed by atoms with Gasteiger partial charge in [0.05, 0.1) is 17.7 Å². The molecule has 1 rings (SSSR count). The Labute approximate surface area is 118 Å². The third-order valence-corrected chi connectivity index (χ3v) is 3.32. The van der Waals surface area contributed by atoms with Crippen LogP contribution in [0.25, 0.3) is 0 Å². The van der Waals surface area contributed by atoms with Gasteiger partial charge in [-0.2, -0.15) is 11.8 Å². The summed E-state index contributed by atoms with van der Waals surface area (Å²) in [4.78, 5) is 16.2. The molecule has 4 nitrogen and oxygen atoms in total. The van der Waals surface area contributed by atoms with E-state index < -0.39 is 0 Å². The third-order valence-electron chi connectivity index (χ3n) is 2.59. The topological polar surface area (TPSA) is 68.0 Å². The molecule has 0 aliphatic rings. The number of aromatic nitrogens is 1. The van der Waals surface area contributed by atoms with Crippen molar-refractivity contribution in [3.8, 4) is 11.8 Å². The van der Waals surface area contributed by atoms with Gasteiger partial charge in [-0.3, -0.25) is 9.78 Å². The fraction of sp³-hybridized carbons (Fsp3) is 0.429. The second-order valence-corrected chi connectivity index (χ2v) is 4.87. The van der Waals surface area contributed by atoms with E-state index in [0.29, 0.717) is 11.1 Å². The molecule has 5 heteroatoms. The van der Waals surface area contributed by atoms with Crippen molar-refractivity contribution in [2.75, 3.05) is 18.6 Å². The van der Waals surface area contributed by atoms with E-state index in [1.165, 1.54) is 0 Å². The van der Waals surface area contributed by atoms with Crippen LogP contribution in [0.15, 0.2) is 18.5 Å². The fourth-order valence-corrected chi connectivity index (χ4v) is 2.29. The van der Waals surface area contributed by atoms with E-state index in [0.717, 1.165) is 12.2 Å². The Morgan fingerprint density at radius 2 is 2.42 bits per heavy atom. The van der Waals surface area contributed by atoms with Crippen LogP contribution < -0.4 is 11.1 Å². The summed E-state index contributed by atoms with van der Waals surface area (Å²) >= 11 is 1.72. The number of hydrogen-bond acceptors (Lipinski definition) is 4. The number of carbonyl (C=O) groups excluding carboxylic acids is 1. The number of nitrogens with one attached hydrogen (secondary N) is 1. The maximum absolute atomic E-state index is 12.2. The van der Waals surface area contributed by atoms with E-state index >= 15 is 0 Å². The highest BCUT2D eigenvalue weighted by molar-refractivity contribution is 7.98. The molecule has 0 radical (unpaired) electrons. The minimum absolute atomic E-state index is 0.107. The Morgan fingerprint density at radius 1 is 1.63 bits per heavy atom. The van der Waals surface area contributed by atoms with Crippen molar-refractivity contribution in [3.05, 3.63) is 29.6 Å². The van der Waals surface area contributed by atoms with Gasteiger partial charge in [0.2, 0.25) is 0 Å². The van der Waals surface area contributed by atoms with Crippen LogP contribution in [0.3, 0.4) is 0 Å². The number of rotatable bonds is 5. The van der Waals surface area contributed by atoms with Gasteiger partial charge in [0.15, 0.2) is 0 Å². The minimum atomic E-state index is -0.107. The Morgan fingerprint density at radius 3 is 3.05 bits per heavy atom. The highest BCUT2D eigenvalue weighted by atomic mass is 32.2. The number of thioether (sulfide) groups is 1. The molecule has 0 aromatic carbocycles. The molecule has 102 valence electrons. The summed E-state index contributed by atoms with van der Waals surface area (Å²) in [5.41, 5.74) is 6.51. The maximum Gasteiger partial charge on any atom is 0.252 e. The van der Waals surface area contributed by atoms with E-state index in [2.05, 4.69) is 29.1 Å². The first-order valence-corrected chi connectivity index (χ1v) is 7.55. The molecule has 0 spiro atoms. The standard InChI is InChI=1S/C14H19N3OS/c1-3-12(10-19-2)17-14(18)13-6-8-16-9-11(13)5-4-7-15/h6,8-9,12H,3,7,10,15H2,1-2H3,(H,17,18). The second-order valence-electron chi connectivity index (χ2n) is 3.96. The van der Waals surface area contributed by atoms with Crippen molar-refractivity contribution < 1.29 is 4.79 Å². The molecule has 1 heterocycles. The predicted octanol–water partition coefficient (Wildman–Crippen LogP) is 1.26. The van der Waals surface area contributed by atoms with Crippen LogP contribution in [0.4, 0.5) is 0 Å². The molecule has 0 aliphatic heterocycles. The molecule has 0 saturated heterocycles. The molecule has 0 bridgehead atoms. The van der Waals surface area contributed by atoms with E-state index in [4.69, 9.17) is 5.73 Å². The Balaban J connectivity index is 2.87. The van der Waals surface area contributed by atoms with Crippen LogP contribution in [-0.2, 0) is 0 Å². The zero-order valence-corrected chi connectivity index (χ0v) is 12.1. The molecule has 1 aromatic heterocycles. The van der Waals surface area contributed by atoms with E-state index in [1.807, 2.05) is 6.26 Å². The molecular formula is C14H19N3OS. The largest absolute Gasteiger partial charge is 0.348 e. The summed E-state index contributed by atoms with van der Waals surface area (Å²) in [7, 11) is 0. The lowest BCUT2D eigenvalue weighted by Gasteiger charge is -2.16. The van der Waals surface area contributed by atoms with Crippen LogP contribution in [0.5, 0.6) is 0 Å². The lowest BCUT2D eigenvalue weighted by molar-refractivity contribution is 0.0939. The van der Waals surface area contributed by atoms with Gasteiger partial charge < -0.3 is 11.1 Å². The SMILES string of the molecule is CCC(CSC)NC(=O)c1ccncc1C#CCN. The van der Waals surface area contributed by atoms with Gasteiger partial charge >= 0.3 is 0 Å². The average molecular weight is 277 g/mol. The maximum atomic E-state index is 12.2. The summed E-state index contributed by atoms with van der Waals surface area (Å²) in [5.74, 6) is 6.41. The van der Waals surface area contributed by atoms with Gasteiger partial charge in [0.25, 0.3) is 5.91 Å². The van der Waals surface area contributed by atoms with E-state index in [9.17, 15) is 4.79 Å². The Hall–Kier alpha value is -1.51. The fourth-order valence-electron chi connectivity index (χ4n) is 1.56. The molecule has 0 aliphatic carbocycles. The van der Waals surface area contributed by atoms with Crippen molar-refractivity contribution in [1.82, 2.24) is 10.3 Å². The summed E-state index contributed by atoms with van der Waals surface area (Å²) in [6, 6.07) is 1.85. The molecule has 3 N–H and O–H groups in total. The number of nitrogens with two attached hydrogens (primary N) is 1. The van der Waals surface area contributed by atoms with Gasteiger partial charge in [-0.1, -0.05) is 18.8 Å². The number of nitrogens with zero attached hydrogens (tertiary/aromatic N) is 1. The average Bonchev–Trinajstić information content (AvgIpc) is 2.44. The van der Waals surface area contributed by atoms with Crippen molar-refractivity contribution in [2.45, 2.75) is 19.4 Å². The smallest absolute Gasteiger partial charge is 0.252 e. The number of hydrogen-bond donors (Lipinski definition) is 2. The lowest BCUT2D eigenvalue weighted by Crippen LogP contribution is -2.36. The molecule has 1 aromatic rings. The summed E-state index contributed by atoms with van der Waals surface area (Å²) < 4.78 is 0. The van der Waals surface area contributed by atoms with Crippen molar-refractivity contribution in [3.63, 3.8) is 0 Å². The second kappa shape index (κ2) is 8.57. The van der Waals surface area contributed by atoms with Crippen molar-refractivity contribution in [1.29, 1.82) is 0 Å². The lowest BCUT2D eigenvalue weighted by atomic mass is 10.1. The minimum Gasteiger partial charge on any atom is -0.348 e. The van der Waals surface area contributed by atoms with Gasteiger partial charge in [-0.05, 0) is 18.7 Å². The number of amides is 1. The van der Waals surface area contributed by atoms with E-state index in [1.54, 1.807) is 30.2 Å². The van der Waals surface area contributed by atoms with Crippen LogP contribution in [0.2, 0.25) is 0 Å². The molecular weight excluding hydrogens is 258 g/mol. The van der Waals surface area contributed by atoms with E-state index in [-0.39, 0.29) is 18.5 Å². The Kier molecular flexibility index (Phi) is 7.01.